The van der Waals surface area contributed by atoms with Crippen molar-refractivity contribution in [2.45, 2.75) is 44.8 Å². The summed E-state index contributed by atoms with van der Waals surface area (Å²) < 4.78 is 21.5. The summed E-state index contributed by atoms with van der Waals surface area (Å²) in [6.07, 6.45) is 11.0. The SMILES string of the molecule is Fc1ccc(-c2ncn(CC3CCCO3)c2CCCc2ccnc3[nH]ccc23)cc1. The first-order valence-electron chi connectivity index (χ1n) is 10.6. The van der Waals surface area contributed by atoms with E-state index >= 15 is 0 Å². The molecular formula is C24H25FN4O. The first-order chi connectivity index (χ1) is 14.8. The summed E-state index contributed by atoms with van der Waals surface area (Å²) in [5.41, 5.74) is 5.32. The van der Waals surface area contributed by atoms with Gasteiger partial charge in [0.2, 0.25) is 0 Å². The lowest BCUT2D eigenvalue weighted by molar-refractivity contribution is 0.0963. The van der Waals surface area contributed by atoms with E-state index in [-0.39, 0.29) is 11.9 Å². The van der Waals surface area contributed by atoms with Gasteiger partial charge < -0.3 is 14.3 Å². The third kappa shape index (κ3) is 3.87. The number of halogens is 1. The molecule has 5 nitrogen and oxygen atoms in total. The number of aryl methyl sites for hydroxylation is 1. The summed E-state index contributed by atoms with van der Waals surface area (Å²) in [4.78, 5) is 12.3. The van der Waals surface area contributed by atoms with Crippen LogP contribution < -0.4 is 0 Å². The number of imidazole rings is 1. The molecule has 5 rings (SSSR count). The smallest absolute Gasteiger partial charge is 0.137 e. The van der Waals surface area contributed by atoms with Crippen molar-refractivity contribution in [2.24, 2.45) is 0 Å². The molecule has 0 spiro atoms. The third-order valence-corrected chi connectivity index (χ3v) is 5.90. The molecule has 30 heavy (non-hydrogen) atoms. The van der Waals surface area contributed by atoms with Crippen LogP contribution in [0.25, 0.3) is 22.3 Å². The van der Waals surface area contributed by atoms with Crippen LogP contribution in [0, 0.1) is 5.82 Å². The Labute approximate surface area is 174 Å². The minimum atomic E-state index is -0.229. The Morgan fingerprint density at radius 1 is 1.10 bits per heavy atom. The van der Waals surface area contributed by atoms with Crippen LogP contribution in [0.1, 0.15) is 30.5 Å². The number of hydrogen-bond donors (Lipinski definition) is 1. The van der Waals surface area contributed by atoms with Crippen LogP contribution in [0.2, 0.25) is 0 Å². The molecule has 3 aromatic heterocycles. The zero-order valence-electron chi connectivity index (χ0n) is 16.9. The molecule has 4 aromatic rings. The number of nitrogens with one attached hydrogen (secondary N) is 1. The molecule has 1 aromatic carbocycles. The Balaban J connectivity index is 1.38. The zero-order chi connectivity index (χ0) is 20.3. The van der Waals surface area contributed by atoms with Crippen LogP contribution in [-0.4, -0.2) is 32.2 Å². The van der Waals surface area contributed by atoms with Crippen LogP contribution in [-0.2, 0) is 24.1 Å². The van der Waals surface area contributed by atoms with Gasteiger partial charge in [-0.2, -0.15) is 0 Å². The molecule has 0 amide bonds. The van der Waals surface area contributed by atoms with Crippen molar-refractivity contribution in [3.05, 3.63) is 72.2 Å². The quantitative estimate of drug-likeness (QED) is 0.476. The number of hydrogen-bond acceptors (Lipinski definition) is 3. The molecule has 1 saturated heterocycles. The number of H-pyrrole nitrogens is 1. The van der Waals surface area contributed by atoms with Gasteiger partial charge in [-0.05, 0) is 74.1 Å². The Morgan fingerprint density at radius 2 is 2.00 bits per heavy atom. The van der Waals surface area contributed by atoms with Gasteiger partial charge in [0.15, 0.2) is 0 Å². The van der Waals surface area contributed by atoms with E-state index < -0.39 is 0 Å². The molecule has 0 bridgehead atoms. The van der Waals surface area contributed by atoms with E-state index in [2.05, 4.69) is 26.7 Å². The number of rotatable bonds is 7. The van der Waals surface area contributed by atoms with E-state index in [0.717, 1.165) is 62.2 Å². The Hall–Kier alpha value is -2.99. The Bertz CT molecular complexity index is 1130. The number of pyridine rings is 1. The fraction of sp³-hybridized carbons (Fsp3) is 0.333. The molecule has 154 valence electrons. The molecule has 0 radical (unpaired) electrons. The molecule has 1 fully saturated rings. The van der Waals surface area contributed by atoms with Crippen LogP contribution in [0.4, 0.5) is 4.39 Å². The fourth-order valence-electron chi connectivity index (χ4n) is 4.37. The summed E-state index contributed by atoms with van der Waals surface area (Å²) >= 11 is 0. The van der Waals surface area contributed by atoms with Gasteiger partial charge in [-0.25, -0.2) is 14.4 Å². The van der Waals surface area contributed by atoms with Crippen LogP contribution in [0.5, 0.6) is 0 Å². The molecule has 1 aliphatic rings. The Morgan fingerprint density at radius 3 is 2.83 bits per heavy atom. The van der Waals surface area contributed by atoms with E-state index in [1.54, 1.807) is 0 Å². The number of fused-ring (bicyclic) bond motifs is 1. The van der Waals surface area contributed by atoms with Crippen molar-refractivity contribution in [1.29, 1.82) is 0 Å². The monoisotopic (exact) mass is 404 g/mol. The second-order valence-corrected chi connectivity index (χ2v) is 7.90. The molecule has 6 heteroatoms. The van der Waals surface area contributed by atoms with Crippen molar-refractivity contribution in [3.63, 3.8) is 0 Å². The highest BCUT2D eigenvalue weighted by Crippen LogP contribution is 2.26. The van der Waals surface area contributed by atoms with E-state index in [4.69, 9.17) is 9.72 Å². The molecular weight excluding hydrogens is 379 g/mol. The first kappa shape index (κ1) is 19.0. The molecule has 0 aliphatic carbocycles. The lowest BCUT2D eigenvalue weighted by Crippen LogP contribution is -2.16. The largest absolute Gasteiger partial charge is 0.376 e. The van der Waals surface area contributed by atoms with E-state index in [9.17, 15) is 4.39 Å². The highest BCUT2D eigenvalue weighted by molar-refractivity contribution is 5.79. The average molecular weight is 404 g/mol. The summed E-state index contributed by atoms with van der Waals surface area (Å²) in [7, 11) is 0. The maximum absolute atomic E-state index is 13.4. The Kier molecular flexibility index (Phi) is 5.32. The van der Waals surface area contributed by atoms with Gasteiger partial charge in [-0.15, -0.1) is 0 Å². The van der Waals surface area contributed by atoms with Crippen molar-refractivity contribution < 1.29 is 9.13 Å². The van der Waals surface area contributed by atoms with Gasteiger partial charge in [0.25, 0.3) is 0 Å². The van der Waals surface area contributed by atoms with Crippen molar-refractivity contribution >= 4 is 11.0 Å². The van der Waals surface area contributed by atoms with Gasteiger partial charge in [-0.3, -0.25) is 0 Å². The maximum Gasteiger partial charge on any atom is 0.137 e. The third-order valence-electron chi connectivity index (χ3n) is 5.90. The van der Waals surface area contributed by atoms with E-state index in [1.807, 2.05) is 30.9 Å². The van der Waals surface area contributed by atoms with Crippen LogP contribution >= 0.6 is 0 Å². The van der Waals surface area contributed by atoms with E-state index in [1.165, 1.54) is 28.8 Å². The predicted molar refractivity (Wildman–Crippen MR) is 115 cm³/mol. The summed E-state index contributed by atoms with van der Waals surface area (Å²) in [5, 5.41) is 1.18. The summed E-state index contributed by atoms with van der Waals surface area (Å²) in [5.74, 6) is -0.229. The minimum absolute atomic E-state index is 0.229. The fourth-order valence-corrected chi connectivity index (χ4v) is 4.37. The van der Waals surface area contributed by atoms with E-state index in [0.29, 0.717) is 0 Å². The maximum atomic E-state index is 13.4. The molecule has 4 heterocycles. The highest BCUT2D eigenvalue weighted by Gasteiger charge is 2.20. The number of ether oxygens (including phenoxy) is 1. The van der Waals surface area contributed by atoms with Crippen LogP contribution in [0.15, 0.2) is 55.1 Å². The average Bonchev–Trinajstić information content (AvgIpc) is 3.51. The van der Waals surface area contributed by atoms with Gasteiger partial charge >= 0.3 is 0 Å². The number of nitrogens with zero attached hydrogens (tertiary/aromatic N) is 3. The van der Waals surface area contributed by atoms with Crippen molar-refractivity contribution in [3.8, 4) is 11.3 Å². The number of aromatic nitrogens is 4. The second-order valence-electron chi connectivity index (χ2n) is 7.90. The second kappa shape index (κ2) is 8.40. The van der Waals surface area contributed by atoms with Gasteiger partial charge in [0.1, 0.15) is 11.5 Å². The molecule has 1 atom stereocenters. The normalized spacial score (nSPS) is 16.5. The standard InChI is InChI=1S/C24H25FN4O/c25-19-8-6-18(7-9-19)23-22(29(16-28-23)15-20-4-2-14-30-20)5-1-3-17-10-12-26-24-21(17)11-13-27-24/h6-13,16,20H,1-5,14-15H2,(H,26,27). The van der Waals surface area contributed by atoms with Crippen LogP contribution in [0.3, 0.4) is 0 Å². The predicted octanol–water partition coefficient (Wildman–Crippen LogP) is 4.92. The lowest BCUT2D eigenvalue weighted by atomic mass is 10.0. The summed E-state index contributed by atoms with van der Waals surface area (Å²) in [6, 6.07) is 10.8. The van der Waals surface area contributed by atoms with Crippen molar-refractivity contribution in [2.75, 3.05) is 6.61 Å². The topological polar surface area (TPSA) is 55.7 Å². The molecule has 1 aliphatic heterocycles. The van der Waals surface area contributed by atoms with Crippen molar-refractivity contribution in [1.82, 2.24) is 19.5 Å². The minimum Gasteiger partial charge on any atom is -0.376 e. The highest BCUT2D eigenvalue weighted by atomic mass is 19.1. The lowest BCUT2D eigenvalue weighted by Gasteiger charge is -2.14. The van der Waals surface area contributed by atoms with Gasteiger partial charge in [0, 0.05) is 35.6 Å². The first-order valence-corrected chi connectivity index (χ1v) is 10.6. The zero-order valence-corrected chi connectivity index (χ0v) is 16.9. The molecule has 1 unspecified atom stereocenters. The summed E-state index contributed by atoms with van der Waals surface area (Å²) in [6.45, 7) is 1.66. The number of aromatic amines is 1. The van der Waals surface area contributed by atoms with Gasteiger partial charge in [0.05, 0.1) is 24.7 Å². The number of benzene rings is 1. The van der Waals surface area contributed by atoms with Gasteiger partial charge in [-0.1, -0.05) is 0 Å². The molecule has 1 N–H and O–H groups in total. The molecule has 0 saturated carbocycles.